The minimum atomic E-state index is 0.812. The third kappa shape index (κ3) is 3.56. The number of hydrogen-bond donors (Lipinski definition) is 1. The van der Waals surface area contributed by atoms with Gasteiger partial charge in [-0.2, -0.15) is 0 Å². The van der Waals surface area contributed by atoms with E-state index in [9.17, 15) is 0 Å². The molecule has 5 heteroatoms. The molecule has 4 nitrogen and oxygen atoms in total. The van der Waals surface area contributed by atoms with E-state index in [2.05, 4.69) is 38.4 Å². The molecule has 0 amide bonds. The topological polar surface area (TPSA) is 42.9 Å². The average Bonchev–Trinajstić information content (AvgIpc) is 3.13. The van der Waals surface area contributed by atoms with Gasteiger partial charge in [0.15, 0.2) is 0 Å². The molecule has 0 unspecified atom stereocenters. The van der Waals surface area contributed by atoms with Gasteiger partial charge in [-0.15, -0.1) is 0 Å². The van der Waals surface area contributed by atoms with Crippen LogP contribution in [0.2, 0.25) is 0 Å². The SMILES string of the molecule is COc1ccc(Br)cc1CCc1cccc(OC)c1C1=NCCN1. The van der Waals surface area contributed by atoms with Crippen LogP contribution in [0.1, 0.15) is 16.7 Å². The second-order valence-corrected chi connectivity index (χ2v) is 6.52. The zero-order chi connectivity index (χ0) is 16.9. The van der Waals surface area contributed by atoms with Gasteiger partial charge < -0.3 is 14.8 Å². The highest BCUT2D eigenvalue weighted by Crippen LogP contribution is 2.28. The first-order chi connectivity index (χ1) is 11.7. The molecule has 2 aromatic carbocycles. The summed E-state index contributed by atoms with van der Waals surface area (Å²) in [5.74, 6) is 2.71. The zero-order valence-corrected chi connectivity index (χ0v) is 15.5. The summed E-state index contributed by atoms with van der Waals surface area (Å²) >= 11 is 3.54. The van der Waals surface area contributed by atoms with Crippen LogP contribution in [0, 0.1) is 0 Å². The van der Waals surface area contributed by atoms with Crippen molar-refractivity contribution in [3.63, 3.8) is 0 Å². The molecular weight excluding hydrogens is 368 g/mol. The monoisotopic (exact) mass is 388 g/mol. The van der Waals surface area contributed by atoms with Crippen molar-refractivity contribution in [3.8, 4) is 11.5 Å². The lowest BCUT2D eigenvalue weighted by molar-refractivity contribution is 0.409. The van der Waals surface area contributed by atoms with Crippen LogP contribution in [0.4, 0.5) is 0 Å². The van der Waals surface area contributed by atoms with Gasteiger partial charge in [-0.3, -0.25) is 4.99 Å². The van der Waals surface area contributed by atoms with Crippen LogP contribution in [0.15, 0.2) is 45.9 Å². The number of aliphatic imine (C=N–C) groups is 1. The summed E-state index contributed by atoms with van der Waals surface area (Å²) in [6, 6.07) is 12.3. The molecule has 0 aliphatic carbocycles. The van der Waals surface area contributed by atoms with E-state index in [0.717, 1.165) is 53.3 Å². The summed E-state index contributed by atoms with van der Waals surface area (Å²) in [5.41, 5.74) is 3.48. The van der Waals surface area contributed by atoms with Gasteiger partial charge in [0.2, 0.25) is 0 Å². The maximum absolute atomic E-state index is 5.56. The predicted molar refractivity (Wildman–Crippen MR) is 101 cm³/mol. The number of benzene rings is 2. The fraction of sp³-hybridized carbons (Fsp3) is 0.316. The Morgan fingerprint density at radius 2 is 1.83 bits per heavy atom. The molecule has 3 rings (SSSR count). The van der Waals surface area contributed by atoms with Crippen LogP contribution in [-0.2, 0) is 12.8 Å². The molecule has 0 saturated carbocycles. The molecule has 1 heterocycles. The first-order valence-electron chi connectivity index (χ1n) is 8.00. The Bertz CT molecular complexity index is 759. The molecule has 2 aromatic rings. The Labute approximate surface area is 151 Å². The van der Waals surface area contributed by atoms with Crippen molar-refractivity contribution in [1.29, 1.82) is 0 Å². The molecule has 0 fully saturated rings. The Morgan fingerprint density at radius 1 is 1.04 bits per heavy atom. The Balaban J connectivity index is 1.89. The number of methoxy groups -OCH3 is 2. The summed E-state index contributed by atoms with van der Waals surface area (Å²) in [4.78, 5) is 4.57. The average molecular weight is 389 g/mol. The first kappa shape index (κ1) is 16.8. The van der Waals surface area contributed by atoms with Gasteiger partial charge in [-0.05, 0) is 48.2 Å². The Hall–Kier alpha value is -2.01. The van der Waals surface area contributed by atoms with Crippen LogP contribution in [0.5, 0.6) is 11.5 Å². The molecule has 126 valence electrons. The zero-order valence-electron chi connectivity index (χ0n) is 13.9. The number of aryl methyl sites for hydroxylation is 2. The van der Waals surface area contributed by atoms with Gasteiger partial charge in [0.1, 0.15) is 17.3 Å². The quantitative estimate of drug-likeness (QED) is 0.821. The third-order valence-corrected chi connectivity index (χ3v) is 4.64. The third-order valence-electron chi connectivity index (χ3n) is 4.15. The largest absolute Gasteiger partial charge is 0.496 e. The highest BCUT2D eigenvalue weighted by atomic mass is 79.9. The molecule has 24 heavy (non-hydrogen) atoms. The molecule has 0 bridgehead atoms. The van der Waals surface area contributed by atoms with E-state index in [1.807, 2.05) is 24.3 Å². The fourth-order valence-corrected chi connectivity index (χ4v) is 3.41. The lowest BCUT2D eigenvalue weighted by atomic mass is 9.98. The van der Waals surface area contributed by atoms with Crippen molar-refractivity contribution >= 4 is 21.8 Å². The smallest absolute Gasteiger partial charge is 0.132 e. The van der Waals surface area contributed by atoms with Crippen LogP contribution in [0.25, 0.3) is 0 Å². The molecule has 1 N–H and O–H groups in total. The summed E-state index contributed by atoms with van der Waals surface area (Å²) < 4.78 is 12.1. The van der Waals surface area contributed by atoms with Crippen molar-refractivity contribution in [3.05, 3.63) is 57.6 Å². The molecule has 1 aliphatic rings. The second-order valence-electron chi connectivity index (χ2n) is 5.61. The van der Waals surface area contributed by atoms with E-state index >= 15 is 0 Å². The Kier molecular flexibility index (Phi) is 5.41. The summed E-state index contributed by atoms with van der Waals surface area (Å²) in [6.07, 6.45) is 1.77. The highest BCUT2D eigenvalue weighted by Gasteiger charge is 2.18. The van der Waals surface area contributed by atoms with Gasteiger partial charge in [0.25, 0.3) is 0 Å². The number of rotatable bonds is 6. The van der Waals surface area contributed by atoms with Crippen LogP contribution in [0.3, 0.4) is 0 Å². The fourth-order valence-electron chi connectivity index (χ4n) is 3.00. The summed E-state index contributed by atoms with van der Waals surface area (Å²) in [5, 5.41) is 3.36. The van der Waals surface area contributed by atoms with Crippen LogP contribution in [-0.4, -0.2) is 33.1 Å². The van der Waals surface area contributed by atoms with Crippen molar-refractivity contribution < 1.29 is 9.47 Å². The van der Waals surface area contributed by atoms with Gasteiger partial charge in [0.05, 0.1) is 26.3 Å². The van der Waals surface area contributed by atoms with Crippen molar-refractivity contribution in [1.82, 2.24) is 5.32 Å². The highest BCUT2D eigenvalue weighted by molar-refractivity contribution is 9.10. The van der Waals surface area contributed by atoms with Crippen molar-refractivity contribution in [2.75, 3.05) is 27.3 Å². The number of ether oxygens (including phenoxy) is 2. The molecule has 0 spiro atoms. The number of hydrogen-bond acceptors (Lipinski definition) is 4. The van der Waals surface area contributed by atoms with Crippen molar-refractivity contribution in [2.45, 2.75) is 12.8 Å². The minimum Gasteiger partial charge on any atom is -0.496 e. The molecule has 0 aromatic heterocycles. The lowest BCUT2D eigenvalue weighted by Gasteiger charge is -2.15. The molecular formula is C19H21BrN2O2. The second kappa shape index (κ2) is 7.71. The Morgan fingerprint density at radius 3 is 2.54 bits per heavy atom. The maximum atomic E-state index is 5.56. The van der Waals surface area contributed by atoms with Gasteiger partial charge in [-0.25, -0.2) is 0 Å². The molecule has 0 saturated heterocycles. The van der Waals surface area contributed by atoms with E-state index in [1.165, 1.54) is 11.1 Å². The normalized spacial score (nSPS) is 13.4. The van der Waals surface area contributed by atoms with E-state index < -0.39 is 0 Å². The van der Waals surface area contributed by atoms with Gasteiger partial charge in [-0.1, -0.05) is 28.1 Å². The number of nitrogens with zero attached hydrogens (tertiary/aromatic N) is 1. The molecule has 0 radical (unpaired) electrons. The summed E-state index contributed by atoms with van der Waals surface area (Å²) in [6.45, 7) is 1.69. The first-order valence-corrected chi connectivity index (χ1v) is 8.79. The minimum absolute atomic E-state index is 0.812. The standard InChI is InChI=1S/C19H21BrN2O2/c1-23-16-9-8-15(20)12-14(16)7-6-13-4-3-5-17(24-2)18(13)19-21-10-11-22-19/h3-5,8-9,12H,6-7,10-11H2,1-2H3,(H,21,22). The molecule has 1 aliphatic heterocycles. The van der Waals surface area contributed by atoms with Gasteiger partial charge >= 0.3 is 0 Å². The number of halogens is 1. The van der Waals surface area contributed by atoms with E-state index in [1.54, 1.807) is 14.2 Å². The summed E-state index contributed by atoms with van der Waals surface area (Å²) in [7, 11) is 3.41. The number of amidine groups is 1. The number of nitrogens with one attached hydrogen (secondary N) is 1. The van der Waals surface area contributed by atoms with Crippen molar-refractivity contribution in [2.24, 2.45) is 4.99 Å². The predicted octanol–water partition coefficient (Wildman–Crippen LogP) is 3.60. The maximum Gasteiger partial charge on any atom is 0.132 e. The van der Waals surface area contributed by atoms with E-state index in [4.69, 9.17) is 9.47 Å². The van der Waals surface area contributed by atoms with E-state index in [0.29, 0.717) is 0 Å². The van der Waals surface area contributed by atoms with Gasteiger partial charge in [0, 0.05) is 11.0 Å². The van der Waals surface area contributed by atoms with Crippen LogP contribution >= 0.6 is 15.9 Å². The molecule has 0 atom stereocenters. The lowest BCUT2D eigenvalue weighted by Crippen LogP contribution is -2.22. The van der Waals surface area contributed by atoms with E-state index in [-0.39, 0.29) is 0 Å². The van der Waals surface area contributed by atoms with Crippen LogP contribution < -0.4 is 14.8 Å².